The summed E-state index contributed by atoms with van der Waals surface area (Å²) >= 11 is 0. The number of ether oxygens (including phenoxy) is 4. The third kappa shape index (κ3) is 6.81. The van der Waals surface area contributed by atoms with E-state index in [0.29, 0.717) is 19.4 Å². The lowest BCUT2D eigenvalue weighted by Gasteiger charge is -2.30. The third-order valence-corrected chi connectivity index (χ3v) is 3.61. The van der Waals surface area contributed by atoms with E-state index in [1.165, 1.54) is 0 Å². The second-order valence-corrected chi connectivity index (χ2v) is 5.57. The standard InChI is InChI=1S/C20H23NO5/c1-5-9-10-11-24-18-14-23-13-16(21)20(22)26-17(8-4)19(18)25-12-15(6-2)7-3/h1-4,15-19H,9-14,21H2/t16-,17-,18-,19-/m0/s1. The van der Waals surface area contributed by atoms with Crippen LogP contribution in [-0.4, -0.2) is 56.8 Å². The molecule has 2 N–H and O–H groups in total. The molecule has 0 radical (unpaired) electrons. The Morgan fingerprint density at radius 3 is 2.54 bits per heavy atom. The molecule has 138 valence electrons. The van der Waals surface area contributed by atoms with Crippen molar-refractivity contribution in [3.8, 4) is 49.4 Å². The molecule has 0 bridgehead atoms. The Morgan fingerprint density at radius 2 is 1.92 bits per heavy atom. The predicted molar refractivity (Wildman–Crippen MR) is 96.2 cm³/mol. The van der Waals surface area contributed by atoms with Crippen molar-refractivity contribution >= 4 is 5.97 Å². The monoisotopic (exact) mass is 357 g/mol. The predicted octanol–water partition coefficient (Wildman–Crippen LogP) is -0.0447. The number of esters is 1. The van der Waals surface area contributed by atoms with Gasteiger partial charge >= 0.3 is 5.97 Å². The van der Waals surface area contributed by atoms with Gasteiger partial charge in [-0.25, -0.2) is 0 Å². The van der Waals surface area contributed by atoms with Crippen LogP contribution in [0.3, 0.4) is 0 Å². The third-order valence-electron chi connectivity index (χ3n) is 3.61. The highest BCUT2D eigenvalue weighted by Gasteiger charge is 2.36. The van der Waals surface area contributed by atoms with Crippen molar-refractivity contribution < 1.29 is 23.7 Å². The quantitative estimate of drug-likeness (QED) is 0.391. The van der Waals surface area contributed by atoms with Crippen LogP contribution in [0.5, 0.6) is 0 Å². The Hall–Kier alpha value is -2.45. The molecule has 0 aromatic rings. The Bertz CT molecular complexity index is 604. The molecule has 0 spiro atoms. The van der Waals surface area contributed by atoms with Crippen LogP contribution < -0.4 is 5.73 Å². The maximum atomic E-state index is 12.0. The molecule has 0 aliphatic carbocycles. The average molecular weight is 357 g/mol. The molecule has 1 heterocycles. The van der Waals surface area contributed by atoms with E-state index in [4.69, 9.17) is 50.4 Å². The van der Waals surface area contributed by atoms with Gasteiger partial charge in [-0.05, 0) is 6.42 Å². The molecule has 0 amide bonds. The topological polar surface area (TPSA) is 80.0 Å². The van der Waals surface area contributed by atoms with Crippen molar-refractivity contribution in [1.29, 1.82) is 0 Å². The Kier molecular flexibility index (Phi) is 9.96. The van der Waals surface area contributed by atoms with E-state index in [1.807, 2.05) is 0 Å². The zero-order valence-corrected chi connectivity index (χ0v) is 14.6. The van der Waals surface area contributed by atoms with Gasteiger partial charge in [0, 0.05) is 13.0 Å². The number of unbranched alkanes of at least 4 members (excludes halogenated alkanes) is 1. The van der Waals surface area contributed by atoms with Gasteiger partial charge in [0.25, 0.3) is 0 Å². The molecule has 6 nitrogen and oxygen atoms in total. The molecule has 26 heavy (non-hydrogen) atoms. The van der Waals surface area contributed by atoms with Crippen molar-refractivity contribution in [3.05, 3.63) is 0 Å². The number of hydrogen-bond donors (Lipinski definition) is 1. The van der Waals surface area contributed by atoms with Crippen molar-refractivity contribution in [3.63, 3.8) is 0 Å². The van der Waals surface area contributed by atoms with Crippen LogP contribution in [0.1, 0.15) is 12.8 Å². The van der Waals surface area contributed by atoms with E-state index in [-0.39, 0.29) is 19.8 Å². The summed E-state index contributed by atoms with van der Waals surface area (Å²) in [6, 6.07) is -0.948. The molecule has 0 aromatic carbocycles. The second kappa shape index (κ2) is 12.0. The van der Waals surface area contributed by atoms with E-state index < -0.39 is 36.2 Å². The number of hydrogen-bond acceptors (Lipinski definition) is 6. The zero-order valence-electron chi connectivity index (χ0n) is 14.6. The average Bonchev–Trinajstić information content (AvgIpc) is 2.70. The fourth-order valence-electron chi connectivity index (χ4n) is 2.18. The molecule has 1 aliphatic rings. The van der Waals surface area contributed by atoms with Gasteiger partial charge in [0.2, 0.25) is 0 Å². The van der Waals surface area contributed by atoms with Crippen molar-refractivity contribution in [1.82, 2.24) is 0 Å². The lowest BCUT2D eigenvalue weighted by molar-refractivity contribution is -0.162. The van der Waals surface area contributed by atoms with Gasteiger partial charge in [0.15, 0.2) is 6.10 Å². The summed E-state index contributed by atoms with van der Waals surface area (Å²) in [5, 5.41) is 0. The fourth-order valence-corrected chi connectivity index (χ4v) is 2.18. The lowest BCUT2D eigenvalue weighted by Crippen LogP contribution is -2.46. The molecule has 4 atom stereocenters. The first kappa shape index (κ1) is 21.6. The number of nitrogens with two attached hydrogens (primary N) is 1. The zero-order chi connectivity index (χ0) is 19.4. The van der Waals surface area contributed by atoms with E-state index >= 15 is 0 Å². The number of carbonyl (C=O) groups is 1. The molecule has 1 rings (SSSR count). The minimum Gasteiger partial charge on any atom is -0.445 e. The molecule has 6 heteroatoms. The summed E-state index contributed by atoms with van der Waals surface area (Å²) in [5.41, 5.74) is 5.70. The van der Waals surface area contributed by atoms with Crippen LogP contribution in [0.25, 0.3) is 0 Å². The first-order valence-electron chi connectivity index (χ1n) is 8.16. The molecule has 1 fully saturated rings. The van der Waals surface area contributed by atoms with Crippen LogP contribution >= 0.6 is 0 Å². The molecule has 0 aromatic heterocycles. The number of rotatable bonds is 7. The number of terminal acetylenes is 4. The van der Waals surface area contributed by atoms with Gasteiger partial charge in [0.1, 0.15) is 24.2 Å². The van der Waals surface area contributed by atoms with E-state index in [0.717, 1.165) is 0 Å². The van der Waals surface area contributed by atoms with Crippen LogP contribution in [-0.2, 0) is 23.7 Å². The van der Waals surface area contributed by atoms with Gasteiger partial charge in [0.05, 0.1) is 19.8 Å². The van der Waals surface area contributed by atoms with E-state index in [9.17, 15) is 4.79 Å². The Labute approximate surface area is 155 Å². The summed E-state index contributed by atoms with van der Waals surface area (Å²) < 4.78 is 22.3. The van der Waals surface area contributed by atoms with E-state index in [2.05, 4.69) is 23.7 Å². The largest absolute Gasteiger partial charge is 0.445 e. The van der Waals surface area contributed by atoms with Crippen molar-refractivity contribution in [2.24, 2.45) is 11.7 Å². The second-order valence-electron chi connectivity index (χ2n) is 5.57. The van der Waals surface area contributed by atoms with E-state index in [1.54, 1.807) is 0 Å². The molecule has 1 saturated heterocycles. The van der Waals surface area contributed by atoms with Crippen LogP contribution in [0.2, 0.25) is 0 Å². The normalized spacial score (nSPS) is 26.2. The fraction of sp³-hybridized carbons (Fsp3) is 0.550. The minimum atomic E-state index is -1.02. The van der Waals surface area contributed by atoms with Crippen molar-refractivity contribution in [2.45, 2.75) is 37.2 Å². The van der Waals surface area contributed by atoms with Gasteiger partial charge in [-0.3, -0.25) is 4.79 Å². The summed E-state index contributed by atoms with van der Waals surface area (Å²) in [4.78, 5) is 12.0. The lowest BCUT2D eigenvalue weighted by atomic mass is 10.1. The van der Waals surface area contributed by atoms with Gasteiger partial charge < -0.3 is 24.7 Å². The highest BCUT2D eigenvalue weighted by Crippen LogP contribution is 2.17. The minimum absolute atomic E-state index is 0.0234. The summed E-state index contributed by atoms with van der Waals surface area (Å²) in [5.74, 6) is 8.53. The molecular weight excluding hydrogens is 334 g/mol. The van der Waals surface area contributed by atoms with Gasteiger partial charge in [-0.2, -0.15) is 0 Å². The van der Waals surface area contributed by atoms with Crippen LogP contribution in [0, 0.1) is 55.3 Å². The summed E-state index contributed by atoms with van der Waals surface area (Å²) in [7, 11) is 0. The molecular formula is C20H23NO5. The van der Waals surface area contributed by atoms with Gasteiger partial charge in [-0.1, -0.05) is 17.8 Å². The van der Waals surface area contributed by atoms with Crippen molar-refractivity contribution in [2.75, 3.05) is 26.4 Å². The SMILES string of the molecule is C#CCCCO[C@H]1COC[C@H](N)C(=O)O[C@@H](C#C)[C@@H]1OCC(C#C)C#C. The Balaban J connectivity index is 2.95. The van der Waals surface area contributed by atoms with Crippen LogP contribution in [0.4, 0.5) is 0 Å². The first-order valence-corrected chi connectivity index (χ1v) is 8.16. The highest BCUT2D eigenvalue weighted by atomic mass is 16.6. The maximum absolute atomic E-state index is 12.0. The molecule has 0 unspecified atom stereocenters. The smallest absolute Gasteiger partial charge is 0.326 e. The maximum Gasteiger partial charge on any atom is 0.326 e. The first-order chi connectivity index (χ1) is 12.6. The number of cyclic esters (lactones) is 1. The summed E-state index contributed by atoms with van der Waals surface area (Å²) in [6.45, 7) is 0.483. The van der Waals surface area contributed by atoms with Gasteiger partial charge in [-0.15, -0.1) is 31.6 Å². The Morgan fingerprint density at radius 1 is 1.19 bits per heavy atom. The highest BCUT2D eigenvalue weighted by molar-refractivity contribution is 5.76. The van der Waals surface area contributed by atoms with Crippen LogP contribution in [0.15, 0.2) is 0 Å². The number of carbonyl (C=O) groups excluding carboxylic acids is 1. The molecule has 0 saturated carbocycles. The molecule has 1 aliphatic heterocycles. The summed E-state index contributed by atoms with van der Waals surface area (Å²) in [6.07, 6.45) is 20.2.